The molecule has 0 spiro atoms. The minimum atomic E-state index is 0.0386. The highest BCUT2D eigenvalue weighted by Gasteiger charge is 2.21. The van der Waals surface area contributed by atoms with Crippen LogP contribution in [0.1, 0.15) is 17.4 Å². The topological polar surface area (TPSA) is 34.0 Å². The van der Waals surface area contributed by atoms with Crippen LogP contribution in [0.25, 0.3) is 0 Å². The van der Waals surface area contributed by atoms with Gasteiger partial charge in [0.1, 0.15) is 5.69 Å². The summed E-state index contributed by atoms with van der Waals surface area (Å²) in [5.74, 6) is 0.0386. The van der Waals surface area contributed by atoms with Gasteiger partial charge in [-0.15, -0.1) is 0 Å². The Morgan fingerprint density at radius 3 is 3.25 bits per heavy atom. The number of carbonyl (C=O) groups excluding carboxylic acids is 1. The number of carbonyl (C=O) groups is 1. The Bertz CT molecular complexity index is 332. The van der Waals surface area contributed by atoms with E-state index in [0.717, 1.165) is 15.8 Å². The predicted octanol–water partition coefficient (Wildman–Crippen LogP) is 1.22. The van der Waals surface area contributed by atoms with Crippen LogP contribution in [0.3, 0.4) is 0 Å². The Hall–Kier alpha value is -0.520. The molecule has 0 saturated carbocycles. The molecule has 1 atom stereocenters. The number of fused-ring (bicyclic) bond motifs is 1. The third kappa shape index (κ3) is 1.24. The van der Waals surface area contributed by atoms with E-state index in [4.69, 9.17) is 0 Å². The van der Waals surface area contributed by atoms with Crippen LogP contribution in [0.2, 0.25) is 0 Å². The molecule has 0 bridgehead atoms. The van der Waals surface area contributed by atoms with Gasteiger partial charge in [0, 0.05) is 22.4 Å². The highest BCUT2D eigenvalue weighted by molar-refractivity contribution is 14.1. The van der Waals surface area contributed by atoms with E-state index in [1.54, 1.807) is 0 Å². The van der Waals surface area contributed by atoms with Gasteiger partial charge in [0.25, 0.3) is 5.91 Å². The van der Waals surface area contributed by atoms with Gasteiger partial charge in [0.2, 0.25) is 0 Å². The van der Waals surface area contributed by atoms with E-state index in [0.29, 0.717) is 0 Å². The lowest BCUT2D eigenvalue weighted by molar-refractivity contribution is 0.0906. The maximum absolute atomic E-state index is 11.4. The molecule has 1 aliphatic rings. The summed E-state index contributed by atoms with van der Waals surface area (Å²) >= 11 is 2.22. The Balaban J connectivity index is 2.46. The number of hydrogen-bond acceptors (Lipinski definition) is 1. The fourth-order valence-electron chi connectivity index (χ4n) is 1.45. The second kappa shape index (κ2) is 2.76. The molecule has 3 nitrogen and oxygen atoms in total. The van der Waals surface area contributed by atoms with Gasteiger partial charge in [-0.3, -0.25) is 4.79 Å². The molecule has 12 heavy (non-hydrogen) atoms. The maximum Gasteiger partial charge on any atom is 0.268 e. The average Bonchev–Trinajstić information content (AvgIpc) is 2.29. The van der Waals surface area contributed by atoms with Gasteiger partial charge in [-0.05, 0) is 35.6 Å². The standard InChI is InChI=1S/C8H9IN2O/c1-5-3-11-4-6(9)2-7(11)8(12)10-5/h2,4-5H,3H2,1H3,(H,10,12)/t5-/m1/s1. The number of hydrogen-bond donors (Lipinski definition) is 1. The zero-order valence-corrected chi connectivity index (χ0v) is 8.83. The van der Waals surface area contributed by atoms with Crippen LogP contribution in [-0.4, -0.2) is 16.5 Å². The molecule has 0 aliphatic carbocycles. The van der Waals surface area contributed by atoms with Crippen LogP contribution in [0.4, 0.5) is 0 Å². The average molecular weight is 276 g/mol. The van der Waals surface area contributed by atoms with Crippen molar-refractivity contribution in [3.8, 4) is 0 Å². The summed E-state index contributed by atoms with van der Waals surface area (Å²) in [6.45, 7) is 2.89. The summed E-state index contributed by atoms with van der Waals surface area (Å²) < 4.78 is 3.12. The van der Waals surface area contributed by atoms with Crippen molar-refractivity contribution in [2.24, 2.45) is 0 Å². The molecule has 1 aliphatic heterocycles. The normalized spacial score (nSPS) is 21.8. The molecule has 0 unspecified atom stereocenters. The van der Waals surface area contributed by atoms with E-state index < -0.39 is 0 Å². The molecule has 2 heterocycles. The largest absolute Gasteiger partial charge is 0.347 e. The molecule has 0 saturated heterocycles. The second-order valence-electron chi connectivity index (χ2n) is 3.07. The van der Waals surface area contributed by atoms with E-state index in [2.05, 4.69) is 27.9 Å². The highest BCUT2D eigenvalue weighted by atomic mass is 127. The van der Waals surface area contributed by atoms with Gasteiger partial charge in [0.15, 0.2) is 0 Å². The minimum Gasteiger partial charge on any atom is -0.347 e. The van der Waals surface area contributed by atoms with E-state index >= 15 is 0 Å². The molecule has 1 aromatic heterocycles. The first-order valence-corrected chi connectivity index (χ1v) is 4.91. The smallest absolute Gasteiger partial charge is 0.268 e. The van der Waals surface area contributed by atoms with Crippen molar-refractivity contribution in [3.63, 3.8) is 0 Å². The number of nitrogens with one attached hydrogen (secondary N) is 1. The van der Waals surface area contributed by atoms with Crippen molar-refractivity contribution in [2.45, 2.75) is 19.5 Å². The van der Waals surface area contributed by atoms with Crippen LogP contribution in [0.15, 0.2) is 12.3 Å². The Morgan fingerprint density at radius 1 is 1.75 bits per heavy atom. The lowest BCUT2D eigenvalue weighted by Crippen LogP contribution is -2.41. The maximum atomic E-state index is 11.4. The number of nitrogens with zero attached hydrogens (tertiary/aromatic N) is 1. The van der Waals surface area contributed by atoms with Gasteiger partial charge in [-0.25, -0.2) is 0 Å². The number of rotatable bonds is 0. The van der Waals surface area contributed by atoms with Crippen molar-refractivity contribution in [1.29, 1.82) is 0 Å². The molecule has 0 fully saturated rings. The van der Waals surface area contributed by atoms with Crippen LogP contribution >= 0.6 is 22.6 Å². The lowest BCUT2D eigenvalue weighted by Gasteiger charge is -2.21. The van der Waals surface area contributed by atoms with Gasteiger partial charge in [-0.1, -0.05) is 0 Å². The van der Waals surface area contributed by atoms with Crippen molar-refractivity contribution in [2.75, 3.05) is 0 Å². The third-order valence-corrected chi connectivity index (χ3v) is 2.53. The first-order valence-electron chi connectivity index (χ1n) is 3.83. The molecule has 2 rings (SSSR count). The minimum absolute atomic E-state index is 0.0386. The van der Waals surface area contributed by atoms with Crippen molar-refractivity contribution in [3.05, 3.63) is 21.5 Å². The highest BCUT2D eigenvalue weighted by Crippen LogP contribution is 2.15. The summed E-state index contributed by atoms with van der Waals surface area (Å²) in [5, 5.41) is 2.89. The molecule has 64 valence electrons. The van der Waals surface area contributed by atoms with Crippen molar-refractivity contribution < 1.29 is 4.79 Å². The second-order valence-corrected chi connectivity index (χ2v) is 4.32. The molecular weight excluding hydrogens is 267 g/mol. The van der Waals surface area contributed by atoms with Gasteiger partial charge in [0.05, 0.1) is 0 Å². The Kier molecular flexibility index (Phi) is 1.86. The summed E-state index contributed by atoms with van der Waals surface area (Å²) in [4.78, 5) is 11.4. The van der Waals surface area contributed by atoms with Crippen molar-refractivity contribution >= 4 is 28.5 Å². The molecule has 1 N–H and O–H groups in total. The third-order valence-electron chi connectivity index (χ3n) is 1.94. The van der Waals surface area contributed by atoms with Crippen LogP contribution in [0, 0.1) is 3.57 Å². The van der Waals surface area contributed by atoms with Gasteiger partial charge >= 0.3 is 0 Å². The van der Waals surface area contributed by atoms with Crippen LogP contribution in [-0.2, 0) is 6.54 Å². The molecule has 1 amide bonds. The van der Waals surface area contributed by atoms with Gasteiger partial charge in [-0.2, -0.15) is 0 Å². The Labute approximate surface area is 84.3 Å². The predicted molar refractivity (Wildman–Crippen MR) is 54.1 cm³/mol. The fourth-order valence-corrected chi connectivity index (χ4v) is 2.09. The summed E-state index contributed by atoms with van der Waals surface area (Å²) in [6, 6.07) is 2.15. The van der Waals surface area contributed by atoms with Gasteiger partial charge < -0.3 is 9.88 Å². The first kappa shape index (κ1) is 8.10. The molecule has 1 aromatic rings. The summed E-state index contributed by atoms with van der Waals surface area (Å²) in [7, 11) is 0. The van der Waals surface area contributed by atoms with Crippen molar-refractivity contribution in [1.82, 2.24) is 9.88 Å². The SMILES string of the molecule is C[C@@H]1Cn2cc(I)cc2C(=O)N1. The molecule has 4 heteroatoms. The quantitative estimate of drug-likeness (QED) is 0.710. The zero-order chi connectivity index (χ0) is 8.72. The molecule has 0 radical (unpaired) electrons. The number of amides is 1. The van der Waals surface area contributed by atoms with Crippen LogP contribution in [0.5, 0.6) is 0 Å². The first-order chi connectivity index (χ1) is 5.66. The zero-order valence-electron chi connectivity index (χ0n) is 6.67. The van der Waals surface area contributed by atoms with E-state index in [-0.39, 0.29) is 11.9 Å². The number of halogens is 1. The summed E-state index contributed by atoms with van der Waals surface area (Å²) in [6.07, 6.45) is 2.01. The lowest BCUT2D eigenvalue weighted by atomic mass is 10.2. The fraction of sp³-hybridized carbons (Fsp3) is 0.375. The number of aromatic nitrogens is 1. The Morgan fingerprint density at radius 2 is 2.50 bits per heavy atom. The molecular formula is C8H9IN2O. The van der Waals surface area contributed by atoms with E-state index in [1.807, 2.05) is 23.8 Å². The summed E-state index contributed by atoms with van der Waals surface area (Å²) in [5.41, 5.74) is 0.775. The van der Waals surface area contributed by atoms with E-state index in [1.165, 1.54) is 0 Å². The van der Waals surface area contributed by atoms with E-state index in [9.17, 15) is 4.79 Å². The monoisotopic (exact) mass is 276 g/mol. The molecule has 0 aromatic carbocycles. The van der Waals surface area contributed by atoms with Crippen LogP contribution < -0.4 is 5.32 Å².